The lowest BCUT2D eigenvalue weighted by Gasteiger charge is -2.24. The van der Waals surface area contributed by atoms with Gasteiger partial charge in [-0.15, -0.1) is 17.0 Å². The van der Waals surface area contributed by atoms with E-state index in [0.717, 1.165) is 31.7 Å². The zero-order chi connectivity index (χ0) is 32.3. The molecule has 1 aromatic rings. The number of hydrogen-bond donors (Lipinski definition) is 5. The van der Waals surface area contributed by atoms with E-state index in [9.17, 15) is 26.7 Å². The third-order valence-corrected chi connectivity index (χ3v) is 6.57. The summed E-state index contributed by atoms with van der Waals surface area (Å²) in [6, 6.07) is 3.19. The van der Waals surface area contributed by atoms with Crippen molar-refractivity contribution in [2.75, 3.05) is 40.4 Å². The molecule has 0 bridgehead atoms. The van der Waals surface area contributed by atoms with Gasteiger partial charge in [-0.2, -0.15) is 22.0 Å². The molecule has 0 atom stereocenters. The van der Waals surface area contributed by atoms with Crippen LogP contribution >= 0.6 is 17.0 Å². The van der Waals surface area contributed by atoms with Crippen molar-refractivity contribution >= 4 is 23.0 Å². The number of nitrogens with one attached hydrogen (secondary N) is 2. The normalized spacial score (nSPS) is 11.1. The SMILES string of the molecule is Br.CCCCCCCCCCCCCCCCc1cccc(C(=O)O)c1C(F)(F)C(F)(F)F.CNCCO.CNCCO. The first-order chi connectivity index (χ1) is 20.0. The van der Waals surface area contributed by atoms with Crippen LogP contribution in [0.1, 0.15) is 118 Å². The number of carboxylic acids is 1. The average Bonchev–Trinajstić information content (AvgIpc) is 2.94. The molecule has 0 radical (unpaired) electrons. The highest BCUT2D eigenvalue weighted by molar-refractivity contribution is 8.93. The molecule has 12 heteroatoms. The maximum atomic E-state index is 14.0. The first-order valence-electron chi connectivity index (χ1n) is 15.3. The number of alkyl halides is 5. The summed E-state index contributed by atoms with van der Waals surface area (Å²) in [5.41, 5.74) is -2.66. The molecule has 0 aromatic heterocycles. The van der Waals surface area contributed by atoms with E-state index in [-0.39, 0.29) is 42.2 Å². The lowest BCUT2D eigenvalue weighted by molar-refractivity contribution is -0.289. The van der Waals surface area contributed by atoms with Crippen molar-refractivity contribution in [2.45, 2.75) is 115 Å². The van der Waals surface area contributed by atoms with Crippen LogP contribution in [0.4, 0.5) is 22.0 Å². The van der Waals surface area contributed by atoms with Crippen LogP contribution in [0.2, 0.25) is 0 Å². The Bertz CT molecular complexity index is 777. The molecule has 1 rings (SSSR count). The lowest BCUT2D eigenvalue weighted by atomic mass is 9.91. The second-order valence-corrected chi connectivity index (χ2v) is 10.2. The van der Waals surface area contributed by atoms with Gasteiger partial charge in [-0.3, -0.25) is 0 Å². The van der Waals surface area contributed by atoms with Crippen LogP contribution < -0.4 is 10.6 Å². The fourth-order valence-electron chi connectivity index (χ4n) is 4.23. The molecule has 0 fully saturated rings. The molecular weight excluding hydrogens is 639 g/mol. The highest BCUT2D eigenvalue weighted by Gasteiger charge is 2.60. The van der Waals surface area contributed by atoms with Crippen molar-refractivity contribution < 1.29 is 42.1 Å². The van der Waals surface area contributed by atoms with E-state index in [1.807, 2.05) is 0 Å². The van der Waals surface area contributed by atoms with Crippen molar-refractivity contribution in [3.63, 3.8) is 0 Å². The number of aryl methyl sites for hydroxylation is 1. The molecule has 6 nitrogen and oxygen atoms in total. The van der Waals surface area contributed by atoms with E-state index < -0.39 is 29.2 Å². The van der Waals surface area contributed by atoms with Gasteiger partial charge in [0.05, 0.1) is 18.8 Å². The number of likely N-dealkylation sites (N-methyl/N-ethyl adjacent to an activating group) is 2. The van der Waals surface area contributed by atoms with E-state index in [2.05, 4.69) is 17.6 Å². The van der Waals surface area contributed by atoms with Gasteiger partial charge in [0.15, 0.2) is 0 Å². The fourth-order valence-corrected chi connectivity index (χ4v) is 4.23. The number of carboxylic acid groups (broad SMARTS) is 1. The summed E-state index contributed by atoms with van der Waals surface area (Å²) in [6.45, 7) is 4.06. The van der Waals surface area contributed by atoms with Gasteiger partial charge in [-0.25, -0.2) is 4.79 Å². The van der Waals surface area contributed by atoms with E-state index in [0.29, 0.717) is 25.9 Å². The Morgan fingerprint density at radius 1 is 0.721 bits per heavy atom. The van der Waals surface area contributed by atoms with Crippen molar-refractivity contribution in [3.8, 4) is 0 Å². The van der Waals surface area contributed by atoms with E-state index in [4.69, 9.17) is 15.3 Å². The maximum absolute atomic E-state index is 14.0. The monoisotopic (exact) mass is 694 g/mol. The van der Waals surface area contributed by atoms with E-state index >= 15 is 0 Å². The number of halogens is 6. The molecule has 0 unspecified atom stereocenters. The summed E-state index contributed by atoms with van der Waals surface area (Å²) < 4.78 is 66.8. The van der Waals surface area contributed by atoms with Gasteiger partial charge >= 0.3 is 18.1 Å². The number of rotatable bonds is 21. The molecule has 43 heavy (non-hydrogen) atoms. The Balaban J connectivity index is -0.00000125. The molecular formula is C31H56BrF5N2O4. The zero-order valence-electron chi connectivity index (χ0n) is 26.2. The third kappa shape index (κ3) is 22.8. The minimum Gasteiger partial charge on any atom is -0.478 e. The molecule has 0 aliphatic carbocycles. The Kier molecular flexibility index (Phi) is 31.5. The summed E-state index contributed by atoms with van der Waals surface area (Å²) in [5, 5.41) is 30.7. The molecule has 256 valence electrons. The number of aliphatic hydroxyl groups excluding tert-OH is 2. The summed E-state index contributed by atoms with van der Waals surface area (Å²) >= 11 is 0. The van der Waals surface area contributed by atoms with Gasteiger partial charge in [-0.05, 0) is 38.6 Å². The standard InChI is InChI=1S/C25H37F5O2.2C3H9NO.BrH/c1-2-3-4-5-6-7-8-9-10-11-12-13-14-15-17-20-18-16-19-21(23(31)32)22(20)24(26,27)25(28,29)30;2*1-4-2-3-5;/h16,18-19H,2-15,17H2,1H3,(H,31,32);2*4-5H,2-3H2,1H3;1H. The molecule has 1 aromatic carbocycles. The average molecular weight is 696 g/mol. The zero-order valence-corrected chi connectivity index (χ0v) is 27.9. The topological polar surface area (TPSA) is 102 Å². The molecule has 0 aliphatic rings. The minimum atomic E-state index is -5.84. The highest BCUT2D eigenvalue weighted by Crippen LogP contribution is 2.46. The summed E-state index contributed by atoms with van der Waals surface area (Å²) in [7, 11) is 3.60. The second kappa shape index (κ2) is 29.4. The van der Waals surface area contributed by atoms with Crippen LogP contribution in [0.3, 0.4) is 0 Å². The third-order valence-electron chi connectivity index (χ3n) is 6.57. The Hall–Kier alpha value is -1.34. The minimum absolute atomic E-state index is 0. The molecule has 0 amide bonds. The van der Waals surface area contributed by atoms with Gasteiger partial charge in [0, 0.05) is 18.7 Å². The van der Waals surface area contributed by atoms with E-state index in [1.165, 1.54) is 63.5 Å². The smallest absolute Gasteiger partial charge is 0.458 e. The molecule has 5 N–H and O–H groups in total. The van der Waals surface area contributed by atoms with Crippen molar-refractivity contribution in [2.24, 2.45) is 0 Å². The summed E-state index contributed by atoms with van der Waals surface area (Å²) in [6.07, 6.45) is 9.75. The Morgan fingerprint density at radius 3 is 1.42 bits per heavy atom. The quantitative estimate of drug-likeness (QED) is 0.0660. The highest BCUT2D eigenvalue weighted by atomic mass is 79.9. The molecule has 0 aliphatic heterocycles. The summed E-state index contributed by atoms with van der Waals surface area (Å²) in [4.78, 5) is 11.2. The summed E-state index contributed by atoms with van der Waals surface area (Å²) in [5.74, 6) is -6.99. The van der Waals surface area contributed by atoms with Gasteiger partial charge in [0.2, 0.25) is 0 Å². The van der Waals surface area contributed by atoms with Crippen LogP contribution in [0.15, 0.2) is 18.2 Å². The van der Waals surface area contributed by atoms with Crippen LogP contribution in [0.5, 0.6) is 0 Å². The number of carbonyl (C=O) groups is 1. The maximum Gasteiger partial charge on any atom is 0.458 e. The molecule has 0 saturated heterocycles. The van der Waals surface area contributed by atoms with Crippen LogP contribution in [0.25, 0.3) is 0 Å². The number of aromatic carboxylic acids is 1. The molecule has 0 saturated carbocycles. The predicted octanol–water partition coefficient (Wildman–Crippen LogP) is 8.04. The Labute approximate surface area is 266 Å². The second-order valence-electron chi connectivity index (χ2n) is 10.2. The van der Waals surface area contributed by atoms with Gasteiger partial charge in [-0.1, -0.05) is 103 Å². The van der Waals surface area contributed by atoms with Gasteiger partial charge in [0.25, 0.3) is 0 Å². The number of hydrogen-bond acceptors (Lipinski definition) is 5. The van der Waals surface area contributed by atoms with Crippen molar-refractivity contribution in [3.05, 3.63) is 34.9 Å². The number of benzene rings is 1. The number of unbranched alkanes of at least 4 members (excludes halogenated alkanes) is 13. The Morgan fingerprint density at radius 2 is 1.12 bits per heavy atom. The van der Waals surface area contributed by atoms with E-state index in [1.54, 1.807) is 14.1 Å². The predicted molar refractivity (Wildman–Crippen MR) is 170 cm³/mol. The van der Waals surface area contributed by atoms with Gasteiger partial charge < -0.3 is 26.0 Å². The molecule has 0 spiro atoms. The van der Waals surface area contributed by atoms with Crippen LogP contribution in [0, 0.1) is 0 Å². The van der Waals surface area contributed by atoms with Crippen molar-refractivity contribution in [1.29, 1.82) is 0 Å². The molecule has 0 heterocycles. The van der Waals surface area contributed by atoms with Gasteiger partial charge in [0.1, 0.15) is 0 Å². The largest absolute Gasteiger partial charge is 0.478 e. The first-order valence-corrected chi connectivity index (χ1v) is 15.3. The van der Waals surface area contributed by atoms with Crippen LogP contribution in [-0.2, 0) is 12.3 Å². The lowest BCUT2D eigenvalue weighted by Crippen LogP contribution is -2.36. The van der Waals surface area contributed by atoms with Crippen LogP contribution in [-0.4, -0.2) is 67.9 Å². The fraction of sp³-hybridized carbons (Fsp3) is 0.774. The van der Waals surface area contributed by atoms with Crippen molar-refractivity contribution in [1.82, 2.24) is 10.6 Å². The number of aliphatic hydroxyl groups is 2. The first kappa shape index (κ1) is 46.1.